The number of amides is 1. The van der Waals surface area contributed by atoms with E-state index in [1.807, 2.05) is 44.2 Å². The van der Waals surface area contributed by atoms with Crippen LogP contribution in [0, 0.1) is 6.92 Å². The van der Waals surface area contributed by atoms with Gasteiger partial charge in [0, 0.05) is 12.1 Å². The van der Waals surface area contributed by atoms with Crippen LogP contribution in [0.2, 0.25) is 0 Å². The first-order valence-corrected chi connectivity index (χ1v) is 10.7. The minimum atomic E-state index is -0.820. The van der Waals surface area contributed by atoms with E-state index in [4.69, 9.17) is 14.2 Å². The molecule has 0 radical (unpaired) electrons. The molecule has 8 heteroatoms. The van der Waals surface area contributed by atoms with Gasteiger partial charge in [0.2, 0.25) is 0 Å². The number of hydrogen-bond acceptors (Lipinski definition) is 6. The summed E-state index contributed by atoms with van der Waals surface area (Å²) < 4.78 is 17.4. The van der Waals surface area contributed by atoms with Crippen LogP contribution < -0.4 is 9.47 Å². The number of ether oxygens (including phenoxy) is 3. The summed E-state index contributed by atoms with van der Waals surface area (Å²) in [5, 5.41) is 4.69. The number of benzene rings is 2. The minimum absolute atomic E-state index is 0.192. The first-order chi connectivity index (χ1) is 15.9. The molecule has 0 fully saturated rings. The molecule has 1 aliphatic rings. The minimum Gasteiger partial charge on any atom is -0.493 e. The maximum absolute atomic E-state index is 13.5. The van der Waals surface area contributed by atoms with E-state index in [-0.39, 0.29) is 5.91 Å². The molecule has 4 rings (SSSR count). The predicted octanol–water partition coefficient (Wildman–Crippen LogP) is 3.81. The Labute approximate surface area is 192 Å². The fraction of sp³-hybridized carbons (Fsp3) is 0.320. The summed E-state index contributed by atoms with van der Waals surface area (Å²) in [5.74, 6) is 0.479. The summed E-state index contributed by atoms with van der Waals surface area (Å²) in [4.78, 5) is 28.2. The normalized spacial score (nSPS) is 17.5. The molecular formula is C25H27N3O5. The number of fused-ring (bicyclic) bond motifs is 1. The summed E-state index contributed by atoms with van der Waals surface area (Å²) in [6.45, 7) is 4.32. The van der Waals surface area contributed by atoms with Crippen molar-refractivity contribution >= 4 is 11.9 Å². The highest BCUT2D eigenvalue weighted by atomic mass is 16.5. The summed E-state index contributed by atoms with van der Waals surface area (Å²) >= 11 is 0. The molecule has 0 aliphatic carbocycles. The number of methoxy groups -OCH3 is 3. The van der Waals surface area contributed by atoms with E-state index in [2.05, 4.69) is 5.10 Å². The van der Waals surface area contributed by atoms with Crippen molar-refractivity contribution in [3.63, 3.8) is 0 Å². The molecular weight excluding hydrogens is 422 g/mol. The van der Waals surface area contributed by atoms with E-state index >= 15 is 0 Å². The monoisotopic (exact) mass is 449 g/mol. The third-order valence-electron chi connectivity index (χ3n) is 6.00. The number of carbonyl (C=O) groups is 2. The SMILES string of the molecule is CCN1C(=O)c2cc(-c3ccc(OC)c(OC)c3)nn2[C@H](C(=O)OC)[C@H]1c1ccc(C)cc1. The second-order valence-corrected chi connectivity index (χ2v) is 7.84. The number of nitrogens with zero attached hydrogens (tertiary/aromatic N) is 3. The molecule has 0 bridgehead atoms. The second kappa shape index (κ2) is 8.97. The van der Waals surface area contributed by atoms with Crippen LogP contribution in [0.1, 0.15) is 40.6 Å². The molecule has 0 N–H and O–H groups in total. The molecule has 172 valence electrons. The smallest absolute Gasteiger partial charge is 0.333 e. The zero-order valence-electron chi connectivity index (χ0n) is 19.4. The molecule has 3 aromatic rings. The van der Waals surface area contributed by atoms with E-state index < -0.39 is 18.1 Å². The average molecular weight is 450 g/mol. The highest BCUT2D eigenvalue weighted by molar-refractivity contribution is 5.96. The first-order valence-electron chi connectivity index (χ1n) is 10.7. The zero-order chi connectivity index (χ0) is 23.7. The summed E-state index contributed by atoms with van der Waals surface area (Å²) in [6, 6.07) is 13.6. The van der Waals surface area contributed by atoms with Crippen LogP contribution in [-0.2, 0) is 9.53 Å². The number of hydrogen-bond donors (Lipinski definition) is 0. The Kier molecular flexibility index (Phi) is 6.09. The number of esters is 1. The maximum atomic E-state index is 13.5. The van der Waals surface area contributed by atoms with Crippen LogP contribution in [0.3, 0.4) is 0 Å². The van der Waals surface area contributed by atoms with Gasteiger partial charge in [-0.1, -0.05) is 29.8 Å². The van der Waals surface area contributed by atoms with Crippen molar-refractivity contribution < 1.29 is 23.8 Å². The van der Waals surface area contributed by atoms with E-state index in [9.17, 15) is 9.59 Å². The Morgan fingerprint density at radius 3 is 2.30 bits per heavy atom. The Morgan fingerprint density at radius 2 is 1.70 bits per heavy atom. The largest absolute Gasteiger partial charge is 0.493 e. The summed E-state index contributed by atoms with van der Waals surface area (Å²) in [5.41, 5.74) is 3.56. The summed E-state index contributed by atoms with van der Waals surface area (Å²) in [7, 11) is 4.47. The lowest BCUT2D eigenvalue weighted by atomic mass is 9.94. The predicted molar refractivity (Wildman–Crippen MR) is 122 cm³/mol. The van der Waals surface area contributed by atoms with Crippen LogP contribution in [0.5, 0.6) is 11.5 Å². The molecule has 0 spiro atoms. The third-order valence-corrected chi connectivity index (χ3v) is 6.00. The molecule has 0 saturated heterocycles. The van der Waals surface area contributed by atoms with E-state index in [0.29, 0.717) is 29.4 Å². The van der Waals surface area contributed by atoms with Crippen LogP contribution in [-0.4, -0.2) is 54.4 Å². The van der Waals surface area contributed by atoms with Crippen LogP contribution in [0.15, 0.2) is 48.5 Å². The van der Waals surface area contributed by atoms with E-state index in [1.165, 1.54) is 11.8 Å². The van der Waals surface area contributed by atoms with Crippen LogP contribution in [0.4, 0.5) is 0 Å². The van der Waals surface area contributed by atoms with Gasteiger partial charge < -0.3 is 19.1 Å². The molecule has 8 nitrogen and oxygen atoms in total. The van der Waals surface area contributed by atoms with Gasteiger partial charge in [0.25, 0.3) is 5.91 Å². The topological polar surface area (TPSA) is 82.9 Å². The van der Waals surface area contributed by atoms with Gasteiger partial charge in [-0.15, -0.1) is 0 Å². The number of aryl methyl sites for hydroxylation is 1. The van der Waals surface area contributed by atoms with Crippen LogP contribution in [0.25, 0.3) is 11.3 Å². The quantitative estimate of drug-likeness (QED) is 0.532. The highest BCUT2D eigenvalue weighted by Gasteiger charge is 2.45. The maximum Gasteiger partial charge on any atom is 0.333 e. The zero-order valence-corrected chi connectivity index (χ0v) is 19.4. The molecule has 33 heavy (non-hydrogen) atoms. The Bertz CT molecular complexity index is 1190. The van der Waals surface area contributed by atoms with E-state index in [1.54, 1.807) is 37.3 Å². The number of aromatic nitrogens is 2. The Morgan fingerprint density at radius 1 is 1.00 bits per heavy atom. The Hall–Kier alpha value is -3.81. The number of carbonyl (C=O) groups excluding carboxylic acids is 2. The third kappa shape index (κ3) is 3.82. The highest BCUT2D eigenvalue weighted by Crippen LogP contribution is 2.40. The average Bonchev–Trinajstić information content (AvgIpc) is 3.29. The molecule has 2 atom stereocenters. The van der Waals surface area contributed by atoms with E-state index in [0.717, 1.165) is 16.7 Å². The van der Waals surface area contributed by atoms with Gasteiger partial charge in [0.05, 0.1) is 33.1 Å². The molecule has 1 aliphatic heterocycles. The van der Waals surface area contributed by atoms with Crippen molar-refractivity contribution in [2.75, 3.05) is 27.9 Å². The van der Waals surface area contributed by atoms with Crippen molar-refractivity contribution in [2.45, 2.75) is 25.9 Å². The molecule has 1 aromatic heterocycles. The Balaban J connectivity index is 1.87. The molecule has 2 heterocycles. The number of likely N-dealkylation sites (N-methyl/N-ethyl adjacent to an activating group) is 1. The number of rotatable bonds is 6. The lowest BCUT2D eigenvalue weighted by molar-refractivity contribution is -0.147. The molecule has 2 aromatic carbocycles. The summed E-state index contributed by atoms with van der Waals surface area (Å²) in [6.07, 6.45) is 0. The van der Waals surface area contributed by atoms with Gasteiger partial charge in [-0.25, -0.2) is 9.48 Å². The lowest BCUT2D eigenvalue weighted by Crippen LogP contribution is -2.48. The van der Waals surface area contributed by atoms with Gasteiger partial charge in [-0.2, -0.15) is 5.10 Å². The molecule has 0 unspecified atom stereocenters. The fourth-order valence-corrected chi connectivity index (χ4v) is 4.30. The lowest BCUT2D eigenvalue weighted by Gasteiger charge is -2.40. The molecule has 1 amide bonds. The van der Waals surface area contributed by atoms with Crippen molar-refractivity contribution in [2.24, 2.45) is 0 Å². The molecule has 0 saturated carbocycles. The van der Waals surface area contributed by atoms with Crippen molar-refractivity contribution in [3.05, 3.63) is 65.4 Å². The van der Waals surface area contributed by atoms with Crippen molar-refractivity contribution in [3.8, 4) is 22.8 Å². The van der Waals surface area contributed by atoms with Crippen molar-refractivity contribution in [1.29, 1.82) is 0 Å². The fourth-order valence-electron chi connectivity index (χ4n) is 4.30. The van der Waals surface area contributed by atoms with Crippen LogP contribution >= 0.6 is 0 Å². The standard InChI is InChI=1S/C25H27N3O5/c1-6-27-22(16-9-7-15(2)8-10-16)23(25(30)33-5)28-19(24(27)29)14-18(26-28)17-11-12-20(31-3)21(13-17)32-4/h7-14,22-23H,6H2,1-5H3/t22-,23+/m1/s1. The van der Waals surface area contributed by atoms with Gasteiger partial charge in [-0.05, 0) is 43.7 Å². The van der Waals surface area contributed by atoms with Crippen molar-refractivity contribution in [1.82, 2.24) is 14.7 Å². The van der Waals surface area contributed by atoms with Gasteiger partial charge in [-0.3, -0.25) is 4.79 Å². The first kappa shape index (κ1) is 22.4. The van der Waals surface area contributed by atoms with Gasteiger partial charge in [0.15, 0.2) is 17.5 Å². The van der Waals surface area contributed by atoms with Gasteiger partial charge >= 0.3 is 5.97 Å². The second-order valence-electron chi connectivity index (χ2n) is 7.84. The van der Waals surface area contributed by atoms with Gasteiger partial charge in [0.1, 0.15) is 5.69 Å².